The largest absolute Gasteiger partial charge is 0.381 e. The van der Waals surface area contributed by atoms with Gasteiger partial charge in [-0.15, -0.1) is 0 Å². The molecule has 1 aromatic carbocycles. The molecule has 0 saturated carbocycles. The number of sulfonamides is 1. The fraction of sp³-hybridized carbons (Fsp3) is 0.0909. The third kappa shape index (κ3) is 3.53. The molecule has 0 radical (unpaired) electrons. The highest BCUT2D eigenvalue weighted by atomic mass is 32.2. The highest BCUT2D eigenvalue weighted by Crippen LogP contribution is 2.23. The summed E-state index contributed by atoms with van der Waals surface area (Å²) in [4.78, 5) is 10.1. The summed E-state index contributed by atoms with van der Waals surface area (Å²) >= 11 is 1.06. The number of nitrogens with zero attached hydrogens (tertiary/aromatic N) is 1. The van der Waals surface area contributed by atoms with E-state index in [0.717, 1.165) is 16.9 Å². The molecule has 106 valence electrons. The van der Waals surface area contributed by atoms with Crippen molar-refractivity contribution in [3.8, 4) is 0 Å². The van der Waals surface area contributed by atoms with Crippen LogP contribution in [0.1, 0.15) is 5.56 Å². The molecule has 7 nitrogen and oxygen atoms in total. The van der Waals surface area contributed by atoms with Gasteiger partial charge in [0.05, 0.1) is 9.82 Å². The van der Waals surface area contributed by atoms with Crippen molar-refractivity contribution >= 4 is 32.0 Å². The predicted molar refractivity (Wildman–Crippen MR) is 76.1 cm³/mol. The SMILES string of the molecule is NS(=O)(=O)c1ccc(NCc2csc([N+](=O)[O-])c2)cc1. The lowest BCUT2D eigenvalue weighted by atomic mass is 10.3. The Balaban J connectivity index is 2.02. The van der Waals surface area contributed by atoms with Gasteiger partial charge in [-0.3, -0.25) is 10.1 Å². The Morgan fingerprint density at radius 3 is 2.45 bits per heavy atom. The molecule has 3 N–H and O–H groups in total. The van der Waals surface area contributed by atoms with Crippen LogP contribution in [0.3, 0.4) is 0 Å². The Hall–Kier alpha value is -1.97. The number of rotatable bonds is 5. The van der Waals surface area contributed by atoms with E-state index in [1.807, 2.05) is 0 Å². The first kappa shape index (κ1) is 14.4. The van der Waals surface area contributed by atoms with Gasteiger partial charge in [0.15, 0.2) is 0 Å². The third-order valence-corrected chi connectivity index (χ3v) is 4.36. The van der Waals surface area contributed by atoms with Crippen molar-refractivity contribution in [2.75, 3.05) is 5.32 Å². The van der Waals surface area contributed by atoms with Crippen LogP contribution in [0.25, 0.3) is 0 Å². The van der Waals surface area contributed by atoms with Gasteiger partial charge in [0, 0.05) is 23.7 Å². The van der Waals surface area contributed by atoms with Gasteiger partial charge in [-0.05, 0) is 29.8 Å². The van der Waals surface area contributed by atoms with Crippen molar-refractivity contribution in [1.82, 2.24) is 0 Å². The summed E-state index contributed by atoms with van der Waals surface area (Å²) in [5, 5.41) is 20.4. The molecule has 0 unspecified atom stereocenters. The van der Waals surface area contributed by atoms with Crippen molar-refractivity contribution in [2.45, 2.75) is 11.4 Å². The zero-order valence-corrected chi connectivity index (χ0v) is 11.8. The average molecular weight is 313 g/mol. The number of hydrogen-bond acceptors (Lipinski definition) is 6. The summed E-state index contributed by atoms with van der Waals surface area (Å²) in [5.41, 5.74) is 1.49. The zero-order valence-electron chi connectivity index (χ0n) is 10.1. The van der Waals surface area contributed by atoms with Crippen LogP contribution < -0.4 is 10.5 Å². The molecule has 9 heteroatoms. The van der Waals surface area contributed by atoms with E-state index in [-0.39, 0.29) is 9.90 Å². The summed E-state index contributed by atoms with van der Waals surface area (Å²) < 4.78 is 22.2. The van der Waals surface area contributed by atoms with Crippen molar-refractivity contribution in [3.05, 3.63) is 51.4 Å². The van der Waals surface area contributed by atoms with Crippen molar-refractivity contribution < 1.29 is 13.3 Å². The zero-order chi connectivity index (χ0) is 14.8. The number of nitrogens with two attached hydrogens (primary N) is 1. The Morgan fingerprint density at radius 1 is 1.30 bits per heavy atom. The molecule has 0 aliphatic carbocycles. The second kappa shape index (κ2) is 5.57. The molecule has 0 aliphatic heterocycles. The maximum Gasteiger partial charge on any atom is 0.324 e. The maximum atomic E-state index is 11.1. The van der Waals surface area contributed by atoms with Crippen LogP contribution in [-0.2, 0) is 16.6 Å². The smallest absolute Gasteiger partial charge is 0.324 e. The monoisotopic (exact) mass is 313 g/mol. The quantitative estimate of drug-likeness (QED) is 0.646. The van der Waals surface area contributed by atoms with Gasteiger partial charge in [0.25, 0.3) is 0 Å². The molecule has 0 saturated heterocycles. The Bertz CT molecular complexity index is 722. The van der Waals surface area contributed by atoms with Crippen LogP contribution in [0, 0.1) is 10.1 Å². The molecule has 20 heavy (non-hydrogen) atoms. The van der Waals surface area contributed by atoms with Crippen LogP contribution in [0.5, 0.6) is 0 Å². The molecule has 2 rings (SSSR count). The number of thiophene rings is 1. The van der Waals surface area contributed by atoms with Gasteiger partial charge in [0.2, 0.25) is 10.0 Å². The van der Waals surface area contributed by atoms with Crippen LogP contribution in [-0.4, -0.2) is 13.3 Å². The van der Waals surface area contributed by atoms with Crippen LogP contribution in [0.4, 0.5) is 10.7 Å². The summed E-state index contributed by atoms with van der Waals surface area (Å²) in [6.45, 7) is 0.416. The number of nitro groups is 1. The summed E-state index contributed by atoms with van der Waals surface area (Å²) in [7, 11) is -3.69. The predicted octanol–water partition coefficient (Wildman–Crippen LogP) is 1.92. The number of hydrogen-bond donors (Lipinski definition) is 2. The van der Waals surface area contributed by atoms with E-state index in [2.05, 4.69) is 5.32 Å². The summed E-state index contributed by atoms with van der Waals surface area (Å²) in [6, 6.07) is 7.46. The normalized spacial score (nSPS) is 11.2. The van der Waals surface area contributed by atoms with Crippen LogP contribution in [0.2, 0.25) is 0 Å². The van der Waals surface area contributed by atoms with E-state index < -0.39 is 14.9 Å². The third-order valence-electron chi connectivity index (χ3n) is 2.50. The van der Waals surface area contributed by atoms with E-state index in [9.17, 15) is 18.5 Å². The number of nitrogens with one attached hydrogen (secondary N) is 1. The minimum atomic E-state index is -3.69. The van der Waals surface area contributed by atoms with E-state index in [1.54, 1.807) is 17.5 Å². The second-order valence-corrected chi connectivity index (χ2v) is 6.42. The molecule has 0 amide bonds. The van der Waals surface area contributed by atoms with Crippen molar-refractivity contribution in [3.63, 3.8) is 0 Å². The van der Waals surface area contributed by atoms with Gasteiger partial charge < -0.3 is 5.32 Å². The Kier molecular flexibility index (Phi) is 4.02. The molecule has 1 aromatic heterocycles. The Morgan fingerprint density at radius 2 is 1.95 bits per heavy atom. The average Bonchev–Trinajstić information content (AvgIpc) is 2.85. The van der Waals surface area contributed by atoms with Crippen molar-refractivity contribution in [1.29, 1.82) is 0 Å². The first-order chi connectivity index (χ1) is 9.36. The molecule has 0 spiro atoms. The minimum absolute atomic E-state index is 0.0363. The second-order valence-electron chi connectivity index (χ2n) is 3.97. The van der Waals surface area contributed by atoms with Gasteiger partial charge in [-0.25, -0.2) is 13.6 Å². The first-order valence-electron chi connectivity index (χ1n) is 5.45. The highest BCUT2D eigenvalue weighted by Gasteiger charge is 2.10. The Labute approximate surface area is 119 Å². The lowest BCUT2D eigenvalue weighted by Crippen LogP contribution is -2.11. The van der Waals surface area contributed by atoms with Crippen molar-refractivity contribution in [2.24, 2.45) is 5.14 Å². The van der Waals surface area contributed by atoms with Crippen LogP contribution in [0.15, 0.2) is 40.6 Å². The molecule has 0 aliphatic rings. The number of benzene rings is 1. The molecule has 1 heterocycles. The summed E-state index contributed by atoms with van der Waals surface area (Å²) in [5.74, 6) is 0. The van der Waals surface area contributed by atoms with Gasteiger partial charge in [-0.1, -0.05) is 11.3 Å². The maximum absolute atomic E-state index is 11.1. The molecular weight excluding hydrogens is 302 g/mol. The lowest BCUT2D eigenvalue weighted by molar-refractivity contribution is -0.380. The van der Waals surface area contributed by atoms with E-state index in [0.29, 0.717) is 12.2 Å². The lowest BCUT2D eigenvalue weighted by Gasteiger charge is -2.05. The van der Waals surface area contributed by atoms with E-state index >= 15 is 0 Å². The molecule has 0 bridgehead atoms. The molecule has 0 atom stereocenters. The standard InChI is InChI=1S/C11H11N3O4S2/c12-20(17,18)10-3-1-9(2-4-10)13-6-8-5-11(14(15)16)19-7-8/h1-5,7,13H,6H2,(H2,12,17,18). The topological polar surface area (TPSA) is 115 Å². The molecule has 0 fully saturated rings. The van der Waals surface area contributed by atoms with Gasteiger partial charge >= 0.3 is 5.00 Å². The molecule has 2 aromatic rings. The minimum Gasteiger partial charge on any atom is -0.381 e. The summed E-state index contributed by atoms with van der Waals surface area (Å²) in [6.07, 6.45) is 0. The molecular formula is C11H11N3O4S2. The number of anilines is 1. The van der Waals surface area contributed by atoms with Gasteiger partial charge in [0.1, 0.15) is 0 Å². The highest BCUT2D eigenvalue weighted by molar-refractivity contribution is 7.89. The number of primary sulfonamides is 1. The fourth-order valence-corrected chi connectivity index (χ4v) is 2.76. The van der Waals surface area contributed by atoms with E-state index in [4.69, 9.17) is 5.14 Å². The van der Waals surface area contributed by atoms with Gasteiger partial charge in [-0.2, -0.15) is 0 Å². The first-order valence-corrected chi connectivity index (χ1v) is 7.87. The van der Waals surface area contributed by atoms with Crippen LogP contribution >= 0.6 is 11.3 Å². The fourth-order valence-electron chi connectivity index (χ4n) is 1.52. The van der Waals surface area contributed by atoms with E-state index in [1.165, 1.54) is 18.2 Å².